The Morgan fingerprint density at radius 1 is 1.28 bits per heavy atom. The lowest BCUT2D eigenvalue weighted by Crippen LogP contribution is -2.58. The number of nitrogens with one attached hydrogen (secondary N) is 2. The van der Waals surface area contributed by atoms with Crippen molar-refractivity contribution in [1.29, 1.82) is 0 Å². The second-order valence-corrected chi connectivity index (χ2v) is 4.97. The zero-order valence-electron chi connectivity index (χ0n) is 10.9. The van der Waals surface area contributed by atoms with Crippen LogP contribution in [-0.4, -0.2) is 34.0 Å². The van der Waals surface area contributed by atoms with E-state index >= 15 is 0 Å². The largest absolute Gasteiger partial charge is 0.465 e. The first-order valence-electron chi connectivity index (χ1n) is 6.44. The molecular weight excluding hydrogens is 236 g/mol. The van der Waals surface area contributed by atoms with E-state index in [1.807, 2.05) is 13.8 Å². The van der Waals surface area contributed by atoms with Crippen LogP contribution in [0, 0.1) is 5.92 Å². The summed E-state index contributed by atoms with van der Waals surface area (Å²) in [5, 5.41) is 22.9. The molecule has 1 aliphatic carbocycles. The average Bonchev–Trinajstić information content (AvgIpc) is 2.29. The first-order valence-corrected chi connectivity index (χ1v) is 6.44. The van der Waals surface area contributed by atoms with Crippen LogP contribution in [-0.2, 0) is 0 Å². The monoisotopic (exact) mass is 258 g/mol. The van der Waals surface area contributed by atoms with E-state index in [2.05, 4.69) is 10.6 Å². The number of rotatable bonds is 4. The van der Waals surface area contributed by atoms with Crippen LogP contribution in [0.5, 0.6) is 0 Å². The summed E-state index contributed by atoms with van der Waals surface area (Å²) in [7, 11) is 0. The summed E-state index contributed by atoms with van der Waals surface area (Å²) in [6.45, 7) is 3.99. The van der Waals surface area contributed by atoms with Gasteiger partial charge in [-0.3, -0.25) is 0 Å². The molecule has 0 heterocycles. The van der Waals surface area contributed by atoms with Gasteiger partial charge in [-0.15, -0.1) is 0 Å². The quantitative estimate of drug-likeness (QED) is 0.621. The molecule has 0 aliphatic heterocycles. The second-order valence-electron chi connectivity index (χ2n) is 4.97. The van der Waals surface area contributed by atoms with E-state index in [1.165, 1.54) is 0 Å². The molecule has 1 aliphatic rings. The molecule has 4 N–H and O–H groups in total. The van der Waals surface area contributed by atoms with Gasteiger partial charge in [0, 0.05) is 11.6 Å². The van der Waals surface area contributed by atoms with Gasteiger partial charge in [0.25, 0.3) is 0 Å². The van der Waals surface area contributed by atoms with Crippen molar-refractivity contribution in [3.63, 3.8) is 0 Å². The van der Waals surface area contributed by atoms with Crippen LogP contribution in [0.1, 0.15) is 46.0 Å². The molecule has 1 saturated carbocycles. The highest BCUT2D eigenvalue weighted by atomic mass is 16.4. The molecule has 0 radical (unpaired) electrons. The zero-order chi connectivity index (χ0) is 13.8. The van der Waals surface area contributed by atoms with Gasteiger partial charge < -0.3 is 20.8 Å². The van der Waals surface area contributed by atoms with Crippen molar-refractivity contribution in [3.8, 4) is 0 Å². The number of amides is 2. The minimum Gasteiger partial charge on any atom is -0.465 e. The predicted octanol–water partition coefficient (Wildman–Crippen LogP) is 2.25. The normalized spacial score (nSPS) is 31.7. The maximum absolute atomic E-state index is 10.9. The van der Waals surface area contributed by atoms with E-state index in [4.69, 9.17) is 10.2 Å². The zero-order valence-corrected chi connectivity index (χ0v) is 10.9. The molecule has 18 heavy (non-hydrogen) atoms. The van der Waals surface area contributed by atoms with Gasteiger partial charge in [0.2, 0.25) is 0 Å². The molecule has 6 heteroatoms. The van der Waals surface area contributed by atoms with Gasteiger partial charge in [-0.1, -0.05) is 20.3 Å². The molecule has 0 saturated heterocycles. The Kier molecular flexibility index (Phi) is 4.81. The average molecular weight is 258 g/mol. The van der Waals surface area contributed by atoms with E-state index in [0.717, 1.165) is 12.8 Å². The maximum Gasteiger partial charge on any atom is 0.405 e. The molecular formula is C12H22N2O4. The van der Waals surface area contributed by atoms with Gasteiger partial charge in [-0.05, 0) is 31.6 Å². The van der Waals surface area contributed by atoms with Gasteiger partial charge >= 0.3 is 12.2 Å². The fourth-order valence-electron chi connectivity index (χ4n) is 3.12. The Bertz CT molecular complexity index is 321. The van der Waals surface area contributed by atoms with E-state index < -0.39 is 17.7 Å². The van der Waals surface area contributed by atoms with Crippen LogP contribution in [0.15, 0.2) is 0 Å². The first kappa shape index (κ1) is 14.6. The molecule has 6 nitrogen and oxygen atoms in total. The summed E-state index contributed by atoms with van der Waals surface area (Å²) < 4.78 is 0. The fraction of sp³-hybridized carbons (Fsp3) is 0.833. The number of hydrogen-bond acceptors (Lipinski definition) is 2. The van der Waals surface area contributed by atoms with Gasteiger partial charge in [-0.25, -0.2) is 9.59 Å². The summed E-state index contributed by atoms with van der Waals surface area (Å²) in [6, 6.07) is -0.0669. The van der Waals surface area contributed by atoms with Gasteiger partial charge in [0.15, 0.2) is 0 Å². The summed E-state index contributed by atoms with van der Waals surface area (Å²) in [5.74, 6) is 0.171. The van der Waals surface area contributed by atoms with E-state index in [-0.39, 0.29) is 12.0 Å². The van der Waals surface area contributed by atoms with Crippen molar-refractivity contribution in [1.82, 2.24) is 10.6 Å². The minimum absolute atomic E-state index is 0.0669. The van der Waals surface area contributed by atoms with Gasteiger partial charge in [0.05, 0.1) is 0 Å². The standard InChI is InChI=1S/C12H22N2O4/c1-3-8-7-9(13-10(15)16)5-6-12(8,4-2)14-11(17)18/h8-9,13-14H,3-7H2,1-2H3,(H,15,16)(H,17,18)/t8-,9?,12-/m1/s1. The van der Waals surface area contributed by atoms with E-state index in [9.17, 15) is 9.59 Å². The Labute approximate surface area is 107 Å². The number of carboxylic acid groups (broad SMARTS) is 2. The summed E-state index contributed by atoms with van der Waals surface area (Å²) in [4.78, 5) is 21.6. The van der Waals surface area contributed by atoms with Crippen LogP contribution in [0.4, 0.5) is 9.59 Å². The molecule has 0 spiro atoms. The molecule has 1 unspecified atom stereocenters. The van der Waals surface area contributed by atoms with E-state index in [1.54, 1.807) is 0 Å². The number of hydrogen-bond donors (Lipinski definition) is 4. The van der Waals surface area contributed by atoms with Crippen molar-refractivity contribution in [2.24, 2.45) is 5.92 Å². The third-order valence-electron chi connectivity index (χ3n) is 4.10. The minimum atomic E-state index is -1.01. The lowest BCUT2D eigenvalue weighted by atomic mass is 9.68. The SMILES string of the molecule is CC[C@@H]1CC(NC(=O)O)CC[C@@]1(CC)NC(=O)O. The van der Waals surface area contributed by atoms with Crippen LogP contribution in [0.2, 0.25) is 0 Å². The third kappa shape index (κ3) is 3.27. The fourth-order valence-corrected chi connectivity index (χ4v) is 3.12. The smallest absolute Gasteiger partial charge is 0.405 e. The maximum atomic E-state index is 10.9. The summed E-state index contributed by atoms with van der Waals surface area (Å²) in [5.41, 5.74) is -0.405. The molecule has 0 aromatic carbocycles. The molecule has 1 fully saturated rings. The third-order valence-corrected chi connectivity index (χ3v) is 4.10. The molecule has 3 atom stereocenters. The lowest BCUT2D eigenvalue weighted by molar-refractivity contribution is 0.0983. The summed E-state index contributed by atoms with van der Waals surface area (Å²) >= 11 is 0. The van der Waals surface area contributed by atoms with Crippen molar-refractivity contribution < 1.29 is 19.8 Å². The van der Waals surface area contributed by atoms with Crippen molar-refractivity contribution in [2.45, 2.75) is 57.5 Å². The van der Waals surface area contributed by atoms with Crippen LogP contribution >= 0.6 is 0 Å². The molecule has 104 valence electrons. The second kappa shape index (κ2) is 5.93. The van der Waals surface area contributed by atoms with Crippen LogP contribution in [0.3, 0.4) is 0 Å². The highest BCUT2D eigenvalue weighted by Gasteiger charge is 2.42. The van der Waals surface area contributed by atoms with Crippen LogP contribution < -0.4 is 10.6 Å². The molecule has 1 rings (SSSR count). The van der Waals surface area contributed by atoms with Gasteiger partial charge in [0.1, 0.15) is 0 Å². The lowest BCUT2D eigenvalue weighted by Gasteiger charge is -2.46. The molecule has 0 bridgehead atoms. The Hall–Kier alpha value is -1.46. The highest BCUT2D eigenvalue weighted by molar-refractivity contribution is 5.66. The first-order chi connectivity index (χ1) is 8.43. The van der Waals surface area contributed by atoms with Gasteiger partial charge in [-0.2, -0.15) is 0 Å². The van der Waals surface area contributed by atoms with Crippen molar-refractivity contribution >= 4 is 12.2 Å². The Morgan fingerprint density at radius 3 is 2.39 bits per heavy atom. The molecule has 0 aromatic rings. The van der Waals surface area contributed by atoms with E-state index in [0.29, 0.717) is 19.3 Å². The van der Waals surface area contributed by atoms with Crippen molar-refractivity contribution in [2.75, 3.05) is 0 Å². The summed E-state index contributed by atoms with van der Waals surface area (Å²) in [6.07, 6.45) is 1.61. The molecule has 2 amide bonds. The Balaban J connectivity index is 2.76. The Morgan fingerprint density at radius 2 is 1.94 bits per heavy atom. The van der Waals surface area contributed by atoms with Crippen LogP contribution in [0.25, 0.3) is 0 Å². The topological polar surface area (TPSA) is 98.7 Å². The van der Waals surface area contributed by atoms with Crippen molar-refractivity contribution in [3.05, 3.63) is 0 Å². The number of carbonyl (C=O) groups is 2. The highest BCUT2D eigenvalue weighted by Crippen LogP contribution is 2.38. The predicted molar refractivity (Wildman–Crippen MR) is 66.8 cm³/mol. The molecule has 0 aromatic heterocycles.